The summed E-state index contributed by atoms with van der Waals surface area (Å²) < 4.78 is 40.5. The van der Waals surface area contributed by atoms with Gasteiger partial charge < -0.3 is 4.57 Å². The maximum absolute atomic E-state index is 12.8. The van der Waals surface area contributed by atoms with Crippen LogP contribution in [0.1, 0.15) is 12.5 Å². The van der Waals surface area contributed by atoms with Gasteiger partial charge in [0.25, 0.3) is 0 Å². The Bertz CT molecular complexity index is 892. The quantitative estimate of drug-likeness (QED) is 0.596. The van der Waals surface area contributed by atoms with Crippen LogP contribution in [0.15, 0.2) is 65.0 Å². The van der Waals surface area contributed by atoms with Crippen molar-refractivity contribution in [1.82, 2.24) is 4.57 Å². The topological polar surface area (TPSA) is 17.3 Å². The summed E-state index contributed by atoms with van der Waals surface area (Å²) in [6, 6.07) is 14.9. The molecule has 2 aromatic carbocycles. The second kappa shape index (κ2) is 6.65. The molecule has 1 heterocycles. The van der Waals surface area contributed by atoms with Crippen molar-refractivity contribution in [3.8, 4) is 11.3 Å². The lowest BCUT2D eigenvalue weighted by Gasteiger charge is -2.07. The molecule has 0 aliphatic heterocycles. The molecule has 0 fully saturated rings. The molecule has 0 saturated carbocycles. The minimum atomic E-state index is -4.36. The summed E-state index contributed by atoms with van der Waals surface area (Å²) in [5, 5.41) is 1.98. The van der Waals surface area contributed by atoms with Crippen molar-refractivity contribution in [2.75, 3.05) is 0 Å². The zero-order chi connectivity index (χ0) is 17.2. The molecule has 0 saturated heterocycles. The SMILES string of the molecule is CCn1c(-c2ccccc2)csc1=Nc1cccc(C(F)(F)F)c1. The van der Waals surface area contributed by atoms with Crippen molar-refractivity contribution in [3.05, 3.63) is 70.3 Å². The highest BCUT2D eigenvalue weighted by Gasteiger charge is 2.30. The van der Waals surface area contributed by atoms with E-state index in [0.717, 1.165) is 23.4 Å². The highest BCUT2D eigenvalue weighted by atomic mass is 32.1. The molecule has 3 rings (SSSR count). The molecule has 24 heavy (non-hydrogen) atoms. The maximum Gasteiger partial charge on any atom is 0.416 e. The van der Waals surface area contributed by atoms with Crippen LogP contribution in [0.2, 0.25) is 0 Å². The molecular formula is C18H15F3N2S. The van der Waals surface area contributed by atoms with Gasteiger partial charge in [-0.2, -0.15) is 13.2 Å². The van der Waals surface area contributed by atoms with Gasteiger partial charge in [-0.05, 0) is 30.7 Å². The number of rotatable bonds is 3. The summed E-state index contributed by atoms with van der Waals surface area (Å²) in [4.78, 5) is 5.09. The van der Waals surface area contributed by atoms with Gasteiger partial charge in [0.15, 0.2) is 4.80 Å². The van der Waals surface area contributed by atoms with Crippen molar-refractivity contribution in [3.63, 3.8) is 0 Å². The number of alkyl halides is 3. The van der Waals surface area contributed by atoms with Crippen LogP contribution in [0, 0.1) is 0 Å². The molecular weight excluding hydrogens is 333 g/mol. The minimum absolute atomic E-state index is 0.300. The fourth-order valence-electron chi connectivity index (χ4n) is 2.43. The lowest BCUT2D eigenvalue weighted by molar-refractivity contribution is -0.137. The van der Waals surface area contributed by atoms with E-state index in [9.17, 15) is 13.2 Å². The van der Waals surface area contributed by atoms with E-state index in [0.29, 0.717) is 17.0 Å². The first kappa shape index (κ1) is 16.5. The number of thiazole rings is 1. The monoisotopic (exact) mass is 348 g/mol. The molecule has 124 valence electrons. The molecule has 0 aliphatic carbocycles. The van der Waals surface area contributed by atoms with Crippen molar-refractivity contribution < 1.29 is 13.2 Å². The molecule has 0 bridgehead atoms. The van der Waals surface area contributed by atoms with E-state index in [1.54, 1.807) is 6.07 Å². The van der Waals surface area contributed by atoms with Crippen LogP contribution < -0.4 is 4.80 Å². The number of halogens is 3. The standard InChI is InChI=1S/C18H15F3N2S/c1-2-23-16(13-7-4-3-5-8-13)12-24-17(23)22-15-10-6-9-14(11-15)18(19,20)21/h3-12H,2H2,1H3. The second-order valence-corrected chi connectivity index (χ2v) is 6.01. The lowest BCUT2D eigenvalue weighted by Crippen LogP contribution is -2.14. The molecule has 2 nitrogen and oxygen atoms in total. The Kier molecular flexibility index (Phi) is 4.57. The van der Waals surface area contributed by atoms with Gasteiger partial charge in [-0.25, -0.2) is 4.99 Å². The highest BCUT2D eigenvalue weighted by Crippen LogP contribution is 2.31. The van der Waals surface area contributed by atoms with E-state index >= 15 is 0 Å². The smallest absolute Gasteiger partial charge is 0.317 e. The average molecular weight is 348 g/mol. The summed E-state index contributed by atoms with van der Waals surface area (Å²) in [7, 11) is 0. The van der Waals surface area contributed by atoms with Gasteiger partial charge in [0.1, 0.15) is 0 Å². The maximum atomic E-state index is 12.8. The molecule has 0 spiro atoms. The number of benzene rings is 2. The van der Waals surface area contributed by atoms with Crippen LogP contribution in [-0.4, -0.2) is 4.57 Å². The van der Waals surface area contributed by atoms with Crippen molar-refractivity contribution >= 4 is 17.0 Å². The largest absolute Gasteiger partial charge is 0.416 e. The summed E-state index contributed by atoms with van der Waals surface area (Å²) >= 11 is 1.42. The minimum Gasteiger partial charge on any atom is -0.317 e. The summed E-state index contributed by atoms with van der Waals surface area (Å²) in [6.45, 7) is 2.68. The van der Waals surface area contributed by atoms with Crippen molar-refractivity contribution in [2.24, 2.45) is 4.99 Å². The molecule has 6 heteroatoms. The van der Waals surface area contributed by atoms with E-state index in [2.05, 4.69) is 4.99 Å². The summed E-state index contributed by atoms with van der Waals surface area (Å²) in [5.74, 6) is 0. The van der Waals surface area contributed by atoms with Crippen LogP contribution in [0.4, 0.5) is 18.9 Å². The zero-order valence-corrected chi connectivity index (χ0v) is 13.7. The predicted octanol–water partition coefficient (Wildman–Crippen LogP) is 5.49. The molecule has 0 aliphatic rings. The van der Waals surface area contributed by atoms with Gasteiger partial charge in [0, 0.05) is 11.9 Å². The lowest BCUT2D eigenvalue weighted by atomic mass is 10.2. The van der Waals surface area contributed by atoms with Gasteiger partial charge in [0.2, 0.25) is 0 Å². The first-order chi connectivity index (χ1) is 11.5. The number of hydrogen-bond donors (Lipinski definition) is 0. The third-order valence-electron chi connectivity index (χ3n) is 3.58. The van der Waals surface area contributed by atoms with Crippen LogP contribution in [0.5, 0.6) is 0 Å². The molecule has 1 aromatic heterocycles. The summed E-state index contributed by atoms with van der Waals surface area (Å²) in [5.41, 5.74) is 1.68. The zero-order valence-electron chi connectivity index (χ0n) is 12.9. The Labute approximate surface area is 141 Å². The Hall–Kier alpha value is -2.34. The van der Waals surface area contributed by atoms with Crippen LogP contribution in [-0.2, 0) is 12.7 Å². The van der Waals surface area contributed by atoms with E-state index < -0.39 is 11.7 Å². The first-order valence-electron chi connectivity index (χ1n) is 7.45. The molecule has 0 unspecified atom stereocenters. The Morgan fingerprint density at radius 2 is 1.79 bits per heavy atom. The second-order valence-electron chi connectivity index (χ2n) is 5.17. The normalized spacial score (nSPS) is 12.6. The van der Waals surface area contributed by atoms with Crippen LogP contribution >= 0.6 is 11.3 Å². The van der Waals surface area contributed by atoms with E-state index in [1.165, 1.54) is 17.4 Å². The molecule has 0 amide bonds. The number of hydrogen-bond acceptors (Lipinski definition) is 2. The fraction of sp³-hybridized carbons (Fsp3) is 0.167. The van der Waals surface area contributed by atoms with Gasteiger partial charge in [-0.1, -0.05) is 36.4 Å². The highest BCUT2D eigenvalue weighted by molar-refractivity contribution is 7.07. The van der Waals surface area contributed by atoms with E-state index in [4.69, 9.17) is 0 Å². The van der Waals surface area contributed by atoms with E-state index in [1.807, 2.05) is 47.2 Å². The average Bonchev–Trinajstić information content (AvgIpc) is 2.98. The Morgan fingerprint density at radius 1 is 1.04 bits per heavy atom. The van der Waals surface area contributed by atoms with Gasteiger partial charge in [-0.15, -0.1) is 11.3 Å². The first-order valence-corrected chi connectivity index (χ1v) is 8.32. The van der Waals surface area contributed by atoms with Gasteiger partial charge >= 0.3 is 6.18 Å². The Balaban J connectivity index is 2.08. The van der Waals surface area contributed by atoms with Gasteiger partial charge in [-0.3, -0.25) is 0 Å². The van der Waals surface area contributed by atoms with Gasteiger partial charge in [0.05, 0.1) is 16.9 Å². The number of aromatic nitrogens is 1. The molecule has 0 radical (unpaired) electrons. The third kappa shape index (κ3) is 3.43. The fourth-order valence-corrected chi connectivity index (χ4v) is 3.42. The Morgan fingerprint density at radius 3 is 2.46 bits per heavy atom. The van der Waals surface area contributed by atoms with Crippen molar-refractivity contribution in [1.29, 1.82) is 0 Å². The van der Waals surface area contributed by atoms with Crippen LogP contribution in [0.3, 0.4) is 0 Å². The van der Waals surface area contributed by atoms with E-state index in [-0.39, 0.29) is 0 Å². The molecule has 0 atom stereocenters. The predicted molar refractivity (Wildman–Crippen MR) is 90.1 cm³/mol. The third-order valence-corrected chi connectivity index (χ3v) is 4.45. The molecule has 0 N–H and O–H groups in total. The molecule has 3 aromatic rings. The van der Waals surface area contributed by atoms with Crippen LogP contribution in [0.25, 0.3) is 11.3 Å². The summed E-state index contributed by atoms with van der Waals surface area (Å²) in [6.07, 6.45) is -4.36. The number of nitrogens with zero attached hydrogens (tertiary/aromatic N) is 2. The van der Waals surface area contributed by atoms with Crippen molar-refractivity contribution in [2.45, 2.75) is 19.6 Å².